The highest BCUT2D eigenvalue weighted by Gasteiger charge is 2.05. The summed E-state index contributed by atoms with van der Waals surface area (Å²) in [6.45, 7) is 7.39. The molecule has 0 bridgehead atoms. The van der Waals surface area contributed by atoms with E-state index in [4.69, 9.17) is 9.47 Å². The van der Waals surface area contributed by atoms with Gasteiger partial charge in [-0.1, -0.05) is 24.6 Å². The molecule has 122 valence electrons. The van der Waals surface area contributed by atoms with Crippen molar-refractivity contribution in [1.82, 2.24) is 0 Å². The molecule has 1 N–H and O–H groups in total. The Morgan fingerprint density at radius 1 is 1.00 bits per heavy atom. The van der Waals surface area contributed by atoms with Gasteiger partial charge in [0.25, 0.3) is 0 Å². The van der Waals surface area contributed by atoms with Gasteiger partial charge in [0.1, 0.15) is 0 Å². The van der Waals surface area contributed by atoms with E-state index in [9.17, 15) is 0 Å². The number of nitrogens with one attached hydrogen (secondary N) is 1. The minimum absolute atomic E-state index is 0.602. The molecule has 0 saturated carbocycles. The minimum Gasteiger partial charge on any atom is -0.490 e. The predicted octanol–water partition coefficient (Wildman–Crippen LogP) is 4.63. The molecule has 0 radical (unpaired) electrons. The standard InChI is InChI=1S/C19H24N2O2/c1-4-12-23-18-11-8-16(13-19(18)22-5-2)14-20-21-17-9-6-15(3)7-10-17/h6-11,13-14,21H,4-5,12H2,1-3H3/b20-14+. The average molecular weight is 312 g/mol. The Balaban J connectivity index is 2.05. The van der Waals surface area contributed by atoms with Crippen molar-refractivity contribution in [2.24, 2.45) is 5.10 Å². The maximum atomic E-state index is 5.69. The summed E-state index contributed by atoms with van der Waals surface area (Å²) >= 11 is 0. The highest BCUT2D eigenvalue weighted by molar-refractivity contribution is 5.81. The number of hydrogen-bond donors (Lipinski definition) is 1. The summed E-state index contributed by atoms with van der Waals surface area (Å²) in [5.41, 5.74) is 6.16. The van der Waals surface area contributed by atoms with E-state index < -0.39 is 0 Å². The van der Waals surface area contributed by atoms with Crippen LogP contribution in [0.5, 0.6) is 11.5 Å². The number of aryl methyl sites for hydroxylation is 1. The van der Waals surface area contributed by atoms with E-state index in [-0.39, 0.29) is 0 Å². The Morgan fingerprint density at radius 3 is 2.48 bits per heavy atom. The highest BCUT2D eigenvalue weighted by Crippen LogP contribution is 2.28. The third kappa shape index (κ3) is 5.33. The van der Waals surface area contributed by atoms with Crippen molar-refractivity contribution in [2.75, 3.05) is 18.6 Å². The Bertz CT molecular complexity index is 636. The Hall–Kier alpha value is -2.49. The van der Waals surface area contributed by atoms with Crippen LogP contribution in [0.1, 0.15) is 31.4 Å². The zero-order valence-electron chi connectivity index (χ0n) is 14.0. The fourth-order valence-corrected chi connectivity index (χ4v) is 2.01. The van der Waals surface area contributed by atoms with E-state index in [1.807, 2.05) is 49.4 Å². The first-order valence-corrected chi connectivity index (χ1v) is 7.98. The van der Waals surface area contributed by atoms with Crippen LogP contribution in [0.25, 0.3) is 0 Å². The summed E-state index contributed by atoms with van der Waals surface area (Å²) in [4.78, 5) is 0. The van der Waals surface area contributed by atoms with Crippen molar-refractivity contribution in [3.8, 4) is 11.5 Å². The zero-order chi connectivity index (χ0) is 16.5. The number of nitrogens with zero attached hydrogens (tertiary/aromatic N) is 1. The second-order valence-corrected chi connectivity index (χ2v) is 5.22. The molecule has 4 heteroatoms. The van der Waals surface area contributed by atoms with Gasteiger partial charge in [0.15, 0.2) is 11.5 Å². The first kappa shape index (κ1) is 16.9. The molecule has 0 amide bonds. The first-order valence-electron chi connectivity index (χ1n) is 7.98. The molecular weight excluding hydrogens is 288 g/mol. The molecule has 0 aliphatic rings. The van der Waals surface area contributed by atoms with Gasteiger partial charge in [0.2, 0.25) is 0 Å². The van der Waals surface area contributed by atoms with Crippen LogP contribution in [0.15, 0.2) is 47.6 Å². The highest BCUT2D eigenvalue weighted by atomic mass is 16.5. The lowest BCUT2D eigenvalue weighted by molar-refractivity contribution is 0.277. The molecule has 0 spiro atoms. The lowest BCUT2D eigenvalue weighted by Crippen LogP contribution is -2.00. The van der Waals surface area contributed by atoms with Gasteiger partial charge in [0, 0.05) is 0 Å². The summed E-state index contributed by atoms with van der Waals surface area (Å²) in [5.74, 6) is 1.53. The van der Waals surface area contributed by atoms with Crippen molar-refractivity contribution < 1.29 is 9.47 Å². The topological polar surface area (TPSA) is 42.8 Å². The van der Waals surface area contributed by atoms with Gasteiger partial charge in [-0.2, -0.15) is 5.10 Å². The summed E-state index contributed by atoms with van der Waals surface area (Å²) in [6, 6.07) is 13.9. The van der Waals surface area contributed by atoms with Gasteiger partial charge in [-0.15, -0.1) is 0 Å². The van der Waals surface area contributed by atoms with Crippen LogP contribution in [0.4, 0.5) is 5.69 Å². The van der Waals surface area contributed by atoms with Crippen LogP contribution < -0.4 is 14.9 Å². The van der Waals surface area contributed by atoms with Crippen molar-refractivity contribution in [3.05, 3.63) is 53.6 Å². The Morgan fingerprint density at radius 2 is 1.78 bits per heavy atom. The lowest BCUT2D eigenvalue weighted by atomic mass is 10.2. The third-order valence-corrected chi connectivity index (χ3v) is 3.19. The molecule has 4 nitrogen and oxygen atoms in total. The zero-order valence-corrected chi connectivity index (χ0v) is 14.0. The monoisotopic (exact) mass is 312 g/mol. The average Bonchev–Trinajstić information content (AvgIpc) is 2.56. The van der Waals surface area contributed by atoms with Gasteiger partial charge < -0.3 is 9.47 Å². The van der Waals surface area contributed by atoms with Crippen molar-refractivity contribution in [1.29, 1.82) is 0 Å². The minimum atomic E-state index is 0.602. The summed E-state index contributed by atoms with van der Waals surface area (Å²) in [6.07, 6.45) is 2.74. The van der Waals surface area contributed by atoms with E-state index in [0.717, 1.165) is 29.2 Å². The molecule has 0 unspecified atom stereocenters. The normalized spacial score (nSPS) is 10.7. The largest absolute Gasteiger partial charge is 0.490 e. The molecular formula is C19H24N2O2. The van der Waals surface area contributed by atoms with Crippen LogP contribution in [-0.4, -0.2) is 19.4 Å². The van der Waals surface area contributed by atoms with Gasteiger partial charge >= 0.3 is 0 Å². The fourth-order valence-electron chi connectivity index (χ4n) is 2.01. The Labute approximate surface area is 138 Å². The molecule has 2 aromatic rings. The molecule has 23 heavy (non-hydrogen) atoms. The Kier molecular flexibility index (Phi) is 6.48. The van der Waals surface area contributed by atoms with Crippen molar-refractivity contribution in [3.63, 3.8) is 0 Å². The van der Waals surface area contributed by atoms with E-state index in [2.05, 4.69) is 24.4 Å². The van der Waals surface area contributed by atoms with Crippen LogP contribution in [0.2, 0.25) is 0 Å². The second-order valence-electron chi connectivity index (χ2n) is 5.22. The maximum Gasteiger partial charge on any atom is 0.161 e. The van der Waals surface area contributed by atoms with Crippen LogP contribution in [-0.2, 0) is 0 Å². The summed E-state index contributed by atoms with van der Waals surface area (Å²) in [5, 5.41) is 4.26. The van der Waals surface area contributed by atoms with Crippen LogP contribution in [0, 0.1) is 6.92 Å². The quantitative estimate of drug-likeness (QED) is 0.571. The molecule has 0 fully saturated rings. The molecule has 0 saturated heterocycles. The van der Waals surface area contributed by atoms with Crippen LogP contribution >= 0.6 is 0 Å². The van der Waals surface area contributed by atoms with E-state index >= 15 is 0 Å². The summed E-state index contributed by atoms with van der Waals surface area (Å²) < 4.78 is 11.3. The number of anilines is 1. The van der Waals surface area contributed by atoms with Crippen LogP contribution in [0.3, 0.4) is 0 Å². The molecule has 0 aliphatic heterocycles. The third-order valence-electron chi connectivity index (χ3n) is 3.19. The number of benzene rings is 2. The molecule has 0 atom stereocenters. The maximum absolute atomic E-state index is 5.69. The molecule has 2 aromatic carbocycles. The van der Waals surface area contributed by atoms with Gasteiger partial charge in [-0.05, 0) is 56.2 Å². The van der Waals surface area contributed by atoms with E-state index in [0.29, 0.717) is 13.2 Å². The fraction of sp³-hybridized carbons (Fsp3) is 0.316. The summed E-state index contributed by atoms with van der Waals surface area (Å²) in [7, 11) is 0. The number of hydrogen-bond acceptors (Lipinski definition) is 4. The predicted molar refractivity (Wildman–Crippen MR) is 95.8 cm³/mol. The van der Waals surface area contributed by atoms with Crippen molar-refractivity contribution in [2.45, 2.75) is 27.2 Å². The molecule has 2 rings (SSSR count). The first-order chi connectivity index (χ1) is 11.2. The number of ether oxygens (including phenoxy) is 2. The SMILES string of the molecule is CCCOc1ccc(/C=N/Nc2ccc(C)cc2)cc1OCC. The smallest absolute Gasteiger partial charge is 0.161 e. The van der Waals surface area contributed by atoms with Gasteiger partial charge in [-0.25, -0.2) is 0 Å². The van der Waals surface area contributed by atoms with Gasteiger partial charge in [-0.3, -0.25) is 5.43 Å². The molecule has 0 aliphatic carbocycles. The number of rotatable bonds is 8. The lowest BCUT2D eigenvalue weighted by Gasteiger charge is -2.11. The second kappa shape index (κ2) is 8.83. The van der Waals surface area contributed by atoms with Crippen molar-refractivity contribution >= 4 is 11.9 Å². The molecule has 0 aromatic heterocycles. The van der Waals surface area contributed by atoms with E-state index in [1.54, 1.807) is 6.21 Å². The molecule has 0 heterocycles. The van der Waals surface area contributed by atoms with Gasteiger partial charge in [0.05, 0.1) is 25.1 Å². The van der Waals surface area contributed by atoms with E-state index in [1.165, 1.54) is 5.56 Å². The number of hydrazone groups is 1.